The molecule has 0 amide bonds. The van der Waals surface area contributed by atoms with Crippen LogP contribution in [0, 0.1) is 5.92 Å². The highest BCUT2D eigenvalue weighted by molar-refractivity contribution is 5.80. The van der Waals surface area contributed by atoms with Crippen LogP contribution in [0.2, 0.25) is 0 Å². The summed E-state index contributed by atoms with van der Waals surface area (Å²) in [6.45, 7) is 9.37. The summed E-state index contributed by atoms with van der Waals surface area (Å²) in [4.78, 5) is 9.61. The highest BCUT2D eigenvalue weighted by Gasteiger charge is 2.25. The van der Waals surface area contributed by atoms with Gasteiger partial charge in [0.2, 0.25) is 0 Å². The van der Waals surface area contributed by atoms with Crippen molar-refractivity contribution in [1.29, 1.82) is 0 Å². The van der Waals surface area contributed by atoms with Crippen LogP contribution in [0.15, 0.2) is 52.1 Å². The summed E-state index contributed by atoms with van der Waals surface area (Å²) in [5, 5.41) is 3.47. The lowest BCUT2D eigenvalue weighted by atomic mass is 10.1. The van der Waals surface area contributed by atoms with Crippen LogP contribution in [-0.4, -0.2) is 69.4 Å². The predicted molar refractivity (Wildman–Crippen MR) is 128 cm³/mol. The van der Waals surface area contributed by atoms with Gasteiger partial charge in [-0.1, -0.05) is 24.3 Å². The molecule has 1 fully saturated rings. The van der Waals surface area contributed by atoms with E-state index in [1.54, 1.807) is 13.4 Å². The molecule has 0 radical (unpaired) electrons. The number of hydrogen-bond donors (Lipinski definition) is 1. The SMILES string of the molecule is CCNC(=NCc1ccccc1CN(C)Cc1ccco1)N1CCC(COCCOC)C1. The van der Waals surface area contributed by atoms with Crippen LogP contribution in [0.3, 0.4) is 0 Å². The summed E-state index contributed by atoms with van der Waals surface area (Å²) in [5.74, 6) is 2.51. The van der Waals surface area contributed by atoms with Crippen molar-refractivity contribution in [1.82, 2.24) is 15.1 Å². The van der Waals surface area contributed by atoms with Crippen molar-refractivity contribution in [2.75, 3.05) is 53.6 Å². The molecular weight excluding hydrogens is 404 g/mol. The molecule has 1 atom stereocenters. The van der Waals surface area contributed by atoms with Gasteiger partial charge in [-0.05, 0) is 43.7 Å². The highest BCUT2D eigenvalue weighted by atomic mass is 16.5. The highest BCUT2D eigenvalue weighted by Crippen LogP contribution is 2.18. The van der Waals surface area contributed by atoms with Crippen molar-refractivity contribution in [3.05, 3.63) is 59.5 Å². The molecule has 1 N–H and O–H groups in total. The first-order valence-corrected chi connectivity index (χ1v) is 11.6. The van der Waals surface area contributed by atoms with Crippen LogP contribution in [-0.2, 0) is 29.1 Å². The molecule has 1 aromatic heterocycles. The van der Waals surface area contributed by atoms with Gasteiger partial charge >= 0.3 is 0 Å². The number of furan rings is 1. The maximum absolute atomic E-state index is 5.74. The first kappa shape index (κ1) is 24.3. The van der Waals surface area contributed by atoms with Gasteiger partial charge in [0, 0.05) is 39.2 Å². The van der Waals surface area contributed by atoms with Crippen LogP contribution in [0.25, 0.3) is 0 Å². The smallest absolute Gasteiger partial charge is 0.194 e. The van der Waals surface area contributed by atoms with Crippen LogP contribution in [0.1, 0.15) is 30.2 Å². The van der Waals surface area contributed by atoms with E-state index in [1.165, 1.54) is 11.1 Å². The molecule has 7 nitrogen and oxygen atoms in total. The van der Waals surface area contributed by atoms with Gasteiger partial charge in [0.1, 0.15) is 5.76 Å². The summed E-state index contributed by atoms with van der Waals surface area (Å²) < 4.78 is 16.3. The molecular formula is C25H38N4O3. The summed E-state index contributed by atoms with van der Waals surface area (Å²) in [6.07, 6.45) is 2.86. The zero-order chi connectivity index (χ0) is 22.6. The Labute approximate surface area is 192 Å². The van der Waals surface area contributed by atoms with Crippen LogP contribution in [0.5, 0.6) is 0 Å². The second-order valence-electron chi connectivity index (χ2n) is 8.36. The minimum atomic E-state index is 0.540. The second-order valence-corrected chi connectivity index (χ2v) is 8.36. The van der Waals surface area contributed by atoms with E-state index in [-0.39, 0.29) is 0 Å². The zero-order valence-corrected chi connectivity index (χ0v) is 19.8. The number of hydrogen-bond acceptors (Lipinski definition) is 5. The maximum Gasteiger partial charge on any atom is 0.194 e. The molecule has 1 unspecified atom stereocenters. The molecule has 1 aliphatic rings. The molecule has 2 heterocycles. The fourth-order valence-electron chi connectivity index (χ4n) is 4.02. The Balaban J connectivity index is 1.58. The monoisotopic (exact) mass is 442 g/mol. The summed E-state index contributed by atoms with van der Waals surface area (Å²) in [7, 11) is 3.82. The van der Waals surface area contributed by atoms with E-state index >= 15 is 0 Å². The third-order valence-electron chi connectivity index (χ3n) is 5.67. The molecule has 1 aromatic carbocycles. The first-order valence-electron chi connectivity index (χ1n) is 11.6. The molecule has 2 aromatic rings. The summed E-state index contributed by atoms with van der Waals surface area (Å²) in [6, 6.07) is 12.5. The van der Waals surface area contributed by atoms with Gasteiger partial charge in [-0.3, -0.25) is 4.90 Å². The molecule has 176 valence electrons. The number of benzene rings is 1. The Kier molecular flexibility index (Phi) is 10.1. The number of aliphatic imine (C=N–C) groups is 1. The average Bonchev–Trinajstić information content (AvgIpc) is 3.47. The number of nitrogens with one attached hydrogen (secondary N) is 1. The molecule has 0 aliphatic carbocycles. The first-order chi connectivity index (χ1) is 15.7. The van der Waals surface area contributed by atoms with Crippen molar-refractivity contribution < 1.29 is 13.9 Å². The van der Waals surface area contributed by atoms with Gasteiger partial charge in [0.25, 0.3) is 0 Å². The zero-order valence-electron chi connectivity index (χ0n) is 19.8. The van der Waals surface area contributed by atoms with Gasteiger partial charge in [0.15, 0.2) is 5.96 Å². The number of ether oxygens (including phenoxy) is 2. The van der Waals surface area contributed by atoms with Crippen molar-refractivity contribution >= 4 is 5.96 Å². The quantitative estimate of drug-likeness (QED) is 0.309. The van der Waals surface area contributed by atoms with E-state index in [0.29, 0.717) is 25.7 Å². The molecule has 1 saturated heterocycles. The number of nitrogens with zero attached hydrogens (tertiary/aromatic N) is 3. The summed E-state index contributed by atoms with van der Waals surface area (Å²) in [5.41, 5.74) is 2.56. The third kappa shape index (κ3) is 7.65. The Bertz CT molecular complexity index is 809. The fourth-order valence-corrected chi connectivity index (χ4v) is 4.02. The number of rotatable bonds is 12. The maximum atomic E-state index is 5.74. The third-order valence-corrected chi connectivity index (χ3v) is 5.67. The van der Waals surface area contributed by atoms with Crippen molar-refractivity contribution in [3.63, 3.8) is 0 Å². The van der Waals surface area contributed by atoms with Gasteiger partial charge < -0.3 is 24.1 Å². The van der Waals surface area contributed by atoms with Crippen molar-refractivity contribution in [2.24, 2.45) is 10.9 Å². The number of likely N-dealkylation sites (tertiary alicyclic amines) is 1. The molecule has 32 heavy (non-hydrogen) atoms. The molecule has 3 rings (SSSR count). The van der Waals surface area contributed by atoms with E-state index in [9.17, 15) is 0 Å². The van der Waals surface area contributed by atoms with Gasteiger partial charge in [0.05, 0.1) is 39.2 Å². The lowest BCUT2D eigenvalue weighted by molar-refractivity contribution is 0.0536. The van der Waals surface area contributed by atoms with Crippen LogP contribution < -0.4 is 5.32 Å². The topological polar surface area (TPSA) is 62.5 Å². The normalized spacial score (nSPS) is 16.8. The van der Waals surface area contributed by atoms with Gasteiger partial charge in [-0.15, -0.1) is 0 Å². The van der Waals surface area contributed by atoms with E-state index in [4.69, 9.17) is 18.9 Å². The van der Waals surface area contributed by atoms with Gasteiger partial charge in [-0.25, -0.2) is 4.99 Å². The second kappa shape index (κ2) is 13.3. The molecule has 0 saturated carbocycles. The Morgan fingerprint density at radius 3 is 2.78 bits per heavy atom. The summed E-state index contributed by atoms with van der Waals surface area (Å²) >= 11 is 0. The minimum absolute atomic E-state index is 0.540. The molecule has 7 heteroatoms. The number of methoxy groups -OCH3 is 1. The Hall–Kier alpha value is -2.35. The predicted octanol–water partition coefficient (Wildman–Crippen LogP) is 3.36. The average molecular weight is 443 g/mol. The lowest BCUT2D eigenvalue weighted by Crippen LogP contribution is -2.40. The van der Waals surface area contributed by atoms with E-state index < -0.39 is 0 Å². The molecule has 0 spiro atoms. The fraction of sp³-hybridized carbons (Fsp3) is 0.560. The van der Waals surface area contributed by atoms with Crippen molar-refractivity contribution in [3.8, 4) is 0 Å². The molecule has 1 aliphatic heterocycles. The lowest BCUT2D eigenvalue weighted by Gasteiger charge is -2.22. The molecule has 0 bridgehead atoms. The number of guanidine groups is 1. The van der Waals surface area contributed by atoms with E-state index in [1.807, 2.05) is 12.1 Å². The van der Waals surface area contributed by atoms with Gasteiger partial charge in [-0.2, -0.15) is 0 Å². The van der Waals surface area contributed by atoms with E-state index in [2.05, 4.69) is 53.4 Å². The Morgan fingerprint density at radius 2 is 2.03 bits per heavy atom. The largest absolute Gasteiger partial charge is 0.468 e. The standard InChI is InChI=1S/C25H38N4O3/c1-4-26-25(29-12-11-21(17-29)20-31-15-14-30-3)27-16-22-8-5-6-9-23(22)18-28(2)19-24-10-7-13-32-24/h5-10,13,21H,4,11-12,14-20H2,1-3H3,(H,26,27). The minimum Gasteiger partial charge on any atom is -0.468 e. The van der Waals surface area contributed by atoms with Crippen LogP contribution >= 0.6 is 0 Å². The van der Waals surface area contributed by atoms with E-state index in [0.717, 1.165) is 57.5 Å². The Morgan fingerprint density at radius 1 is 1.19 bits per heavy atom. The van der Waals surface area contributed by atoms with Crippen molar-refractivity contribution in [2.45, 2.75) is 33.0 Å². The van der Waals surface area contributed by atoms with Crippen LogP contribution in [0.4, 0.5) is 0 Å².